The lowest BCUT2D eigenvalue weighted by Crippen LogP contribution is -2.50. The monoisotopic (exact) mass is 625 g/mol. The number of carboxylic acids is 3. The summed E-state index contributed by atoms with van der Waals surface area (Å²) in [4.78, 5) is 57.8. The first-order valence-corrected chi connectivity index (χ1v) is 15.5. The second-order valence-corrected chi connectivity index (χ2v) is 11.0. The summed E-state index contributed by atoms with van der Waals surface area (Å²) in [5.41, 5.74) is 5.43. The van der Waals surface area contributed by atoms with Crippen molar-refractivity contribution in [2.24, 2.45) is 5.73 Å². The molecule has 43 heavy (non-hydrogen) atoms. The van der Waals surface area contributed by atoms with Gasteiger partial charge in [0.05, 0.1) is 6.10 Å². The van der Waals surface area contributed by atoms with E-state index in [4.69, 9.17) is 21.1 Å². The first kappa shape index (κ1) is 39.6. The Kier molecular flexibility index (Phi) is 23.1. The Morgan fingerprint density at radius 3 is 2.14 bits per heavy atom. The molecule has 0 saturated carbocycles. The number of thioether (sulfide) groups is 1. The van der Waals surface area contributed by atoms with Gasteiger partial charge in [0.25, 0.3) is 0 Å². The summed E-state index contributed by atoms with van der Waals surface area (Å²) in [5.74, 6) is -5.01. The van der Waals surface area contributed by atoms with Gasteiger partial charge in [-0.15, -0.1) is 11.8 Å². The number of allylic oxidation sites excluding steroid dienone is 7. The summed E-state index contributed by atoms with van der Waals surface area (Å²) in [5, 5.41) is 41.6. The van der Waals surface area contributed by atoms with Crippen LogP contribution in [0.2, 0.25) is 0 Å². The van der Waals surface area contributed by atoms with Gasteiger partial charge in [0, 0.05) is 23.8 Å². The van der Waals surface area contributed by atoms with Crippen molar-refractivity contribution in [2.75, 3.05) is 12.3 Å². The number of amides is 2. The summed E-state index contributed by atoms with van der Waals surface area (Å²) in [6.07, 6.45) is 19.6. The molecule has 0 aliphatic heterocycles. The van der Waals surface area contributed by atoms with Crippen molar-refractivity contribution in [1.82, 2.24) is 10.6 Å². The molecule has 0 aromatic heterocycles. The minimum absolute atomic E-state index is 0.0557. The van der Waals surface area contributed by atoms with E-state index in [-0.39, 0.29) is 37.9 Å². The zero-order chi connectivity index (χ0) is 32.5. The molecule has 0 aliphatic rings. The summed E-state index contributed by atoms with van der Waals surface area (Å²) >= 11 is 1.12. The molecule has 0 bridgehead atoms. The van der Waals surface area contributed by atoms with Crippen LogP contribution in [-0.2, 0) is 24.0 Å². The molecule has 0 aromatic rings. The minimum Gasteiger partial charge on any atom is -0.481 e. The van der Waals surface area contributed by atoms with E-state index in [1.165, 1.54) is 19.3 Å². The van der Waals surface area contributed by atoms with E-state index in [1.54, 1.807) is 24.3 Å². The quantitative estimate of drug-likeness (QED) is 0.0578. The van der Waals surface area contributed by atoms with Gasteiger partial charge in [-0.3, -0.25) is 24.0 Å². The van der Waals surface area contributed by atoms with Gasteiger partial charge in [-0.25, -0.2) is 0 Å². The Morgan fingerprint density at radius 2 is 1.51 bits per heavy atom. The largest absolute Gasteiger partial charge is 0.481 e. The SMILES string of the molecule is CCCCCC/C=C/C=C\C=C\C=C\[C@@H](SC[C@H](NC(=O)CC[C@H](N)C(=O)O)C(=O)NCC(=O)O)[C@@H](O)CCCC(=O)O. The lowest BCUT2D eigenvalue weighted by atomic mass is 10.1. The Hall–Kier alpha value is -3.42. The average molecular weight is 626 g/mol. The molecule has 0 fully saturated rings. The van der Waals surface area contributed by atoms with Crippen LogP contribution < -0.4 is 16.4 Å². The first-order chi connectivity index (χ1) is 20.5. The molecule has 12 nitrogen and oxygen atoms in total. The van der Waals surface area contributed by atoms with E-state index in [0.717, 1.165) is 24.6 Å². The number of hydrogen-bond acceptors (Lipinski definition) is 8. The molecular formula is C30H47N3O9S. The predicted octanol–water partition coefficient (Wildman–Crippen LogP) is 2.78. The molecular weight excluding hydrogens is 578 g/mol. The van der Waals surface area contributed by atoms with Gasteiger partial charge in [0.15, 0.2) is 0 Å². The van der Waals surface area contributed by atoms with E-state index in [0.29, 0.717) is 0 Å². The van der Waals surface area contributed by atoms with Crippen LogP contribution in [0.25, 0.3) is 0 Å². The number of hydrogen-bond donors (Lipinski definition) is 7. The Labute approximate surface area is 257 Å². The third-order valence-corrected chi connectivity index (χ3v) is 7.39. The zero-order valence-corrected chi connectivity index (χ0v) is 25.5. The molecule has 242 valence electrons. The third kappa shape index (κ3) is 22.8. The Balaban J connectivity index is 5.39. The van der Waals surface area contributed by atoms with E-state index in [1.807, 2.05) is 18.2 Å². The maximum atomic E-state index is 12.6. The fourth-order valence-corrected chi connectivity index (χ4v) is 4.78. The molecule has 4 atom stereocenters. The zero-order valence-electron chi connectivity index (χ0n) is 24.7. The van der Waals surface area contributed by atoms with Crippen LogP contribution in [0.3, 0.4) is 0 Å². The molecule has 0 unspecified atom stereocenters. The van der Waals surface area contributed by atoms with Crippen molar-refractivity contribution >= 4 is 41.5 Å². The van der Waals surface area contributed by atoms with Crippen molar-refractivity contribution in [3.63, 3.8) is 0 Å². The van der Waals surface area contributed by atoms with Crippen LogP contribution in [0.4, 0.5) is 0 Å². The number of rotatable bonds is 25. The average Bonchev–Trinajstić information content (AvgIpc) is 2.95. The fourth-order valence-electron chi connectivity index (χ4n) is 3.57. The Bertz CT molecular complexity index is 982. The number of carbonyl (C=O) groups is 5. The molecule has 0 aliphatic carbocycles. The van der Waals surface area contributed by atoms with Gasteiger partial charge in [0.2, 0.25) is 11.8 Å². The highest BCUT2D eigenvalue weighted by atomic mass is 32.2. The van der Waals surface area contributed by atoms with E-state index in [9.17, 15) is 29.1 Å². The van der Waals surface area contributed by atoms with Gasteiger partial charge < -0.3 is 36.8 Å². The lowest BCUT2D eigenvalue weighted by molar-refractivity contribution is -0.139. The highest BCUT2D eigenvalue weighted by Crippen LogP contribution is 2.22. The second kappa shape index (κ2) is 25.1. The minimum atomic E-state index is -1.28. The van der Waals surface area contributed by atoms with Crippen LogP contribution in [0.1, 0.15) is 71.1 Å². The predicted molar refractivity (Wildman–Crippen MR) is 166 cm³/mol. The van der Waals surface area contributed by atoms with E-state index < -0.39 is 59.7 Å². The topological polar surface area (TPSA) is 216 Å². The molecule has 2 amide bonds. The molecule has 0 aromatic carbocycles. The van der Waals surface area contributed by atoms with Crippen molar-refractivity contribution in [1.29, 1.82) is 0 Å². The number of unbranched alkanes of at least 4 members (excludes halogenated alkanes) is 4. The van der Waals surface area contributed by atoms with Crippen molar-refractivity contribution < 1.29 is 44.4 Å². The lowest BCUT2D eigenvalue weighted by Gasteiger charge is -2.23. The van der Waals surface area contributed by atoms with Gasteiger partial charge in [0.1, 0.15) is 18.6 Å². The fraction of sp³-hybridized carbons (Fsp3) is 0.567. The van der Waals surface area contributed by atoms with Crippen molar-refractivity contribution in [3.8, 4) is 0 Å². The maximum Gasteiger partial charge on any atom is 0.322 e. The van der Waals surface area contributed by atoms with Gasteiger partial charge in [-0.1, -0.05) is 74.8 Å². The van der Waals surface area contributed by atoms with Gasteiger partial charge in [-0.2, -0.15) is 0 Å². The maximum absolute atomic E-state index is 12.6. The Morgan fingerprint density at radius 1 is 0.837 bits per heavy atom. The number of nitrogens with one attached hydrogen (secondary N) is 2. The normalized spacial score (nSPS) is 14.7. The summed E-state index contributed by atoms with van der Waals surface area (Å²) in [7, 11) is 0. The van der Waals surface area contributed by atoms with Crippen molar-refractivity contribution in [3.05, 3.63) is 48.6 Å². The molecule has 0 spiro atoms. The number of nitrogens with two attached hydrogens (primary N) is 1. The standard InChI is InChI=1S/C30H47N3O9S/c1-2-3-4-5-6-7-8-9-10-11-12-13-16-25(24(34)15-14-17-27(36)37)43-21-23(29(40)32-20-28(38)39)33-26(35)19-18-22(31)30(41)42/h7-13,16,22-25,34H,2-6,14-15,17-21,31H2,1H3,(H,32,40)(H,33,35)(H,36,37)(H,38,39)(H,41,42)/b8-7+,10-9-,12-11+,16-13+/t22-,23-,24-,25+/m0/s1. The van der Waals surface area contributed by atoms with E-state index in [2.05, 4.69) is 23.6 Å². The van der Waals surface area contributed by atoms with E-state index >= 15 is 0 Å². The van der Waals surface area contributed by atoms with Crippen LogP contribution in [0.5, 0.6) is 0 Å². The summed E-state index contributed by atoms with van der Waals surface area (Å²) in [6, 6.07) is -2.45. The molecule has 8 N–H and O–H groups in total. The number of aliphatic hydroxyl groups excluding tert-OH is 1. The van der Waals surface area contributed by atoms with Crippen LogP contribution in [0.15, 0.2) is 48.6 Å². The van der Waals surface area contributed by atoms with Crippen molar-refractivity contribution in [2.45, 2.75) is 94.6 Å². The number of aliphatic carboxylic acids is 3. The molecule has 0 rings (SSSR count). The molecule has 0 heterocycles. The summed E-state index contributed by atoms with van der Waals surface area (Å²) in [6.45, 7) is 1.50. The van der Waals surface area contributed by atoms with Gasteiger partial charge in [-0.05, 0) is 32.1 Å². The molecule has 13 heteroatoms. The third-order valence-electron chi connectivity index (χ3n) is 6.01. The number of carboxylic acid groups (broad SMARTS) is 3. The van der Waals surface area contributed by atoms with Gasteiger partial charge >= 0.3 is 17.9 Å². The highest BCUT2D eigenvalue weighted by molar-refractivity contribution is 8.00. The molecule has 0 radical (unpaired) electrons. The van der Waals surface area contributed by atoms with Crippen LogP contribution >= 0.6 is 11.8 Å². The van der Waals surface area contributed by atoms with Crippen LogP contribution in [0, 0.1) is 0 Å². The highest BCUT2D eigenvalue weighted by Gasteiger charge is 2.25. The smallest absolute Gasteiger partial charge is 0.322 e. The number of aliphatic hydroxyl groups is 1. The summed E-state index contributed by atoms with van der Waals surface area (Å²) < 4.78 is 0. The number of carbonyl (C=O) groups excluding carboxylic acids is 2. The first-order valence-electron chi connectivity index (χ1n) is 14.4. The second-order valence-electron chi connectivity index (χ2n) is 9.80. The molecule has 0 saturated heterocycles. The van der Waals surface area contributed by atoms with Crippen LogP contribution in [-0.4, -0.2) is 85.9 Å².